The van der Waals surface area contributed by atoms with Crippen molar-refractivity contribution in [2.75, 3.05) is 7.11 Å². The molecule has 21 heavy (non-hydrogen) atoms. The number of ether oxygens (including phenoxy) is 1. The molecule has 0 fully saturated rings. The molecule has 1 aromatic carbocycles. The Balaban J connectivity index is 1.64. The number of hydrogen-bond donors (Lipinski definition) is 1. The molecule has 0 spiro atoms. The number of rotatable bonds is 5. The highest BCUT2D eigenvalue weighted by Gasteiger charge is 2.03. The van der Waals surface area contributed by atoms with Crippen LogP contribution in [0.4, 0.5) is 0 Å². The number of hydrogen-bond acceptors (Lipinski definition) is 3. The third-order valence-electron chi connectivity index (χ3n) is 3.34. The number of nitrogens with zero attached hydrogens (tertiary/aromatic N) is 2. The predicted octanol–water partition coefficient (Wildman–Crippen LogP) is 3.40. The van der Waals surface area contributed by atoms with Crippen LogP contribution in [0.3, 0.4) is 0 Å². The van der Waals surface area contributed by atoms with Gasteiger partial charge in [-0.3, -0.25) is 0 Å². The average molecular weight is 346 g/mol. The van der Waals surface area contributed by atoms with Crippen LogP contribution in [0.25, 0.3) is 5.65 Å². The summed E-state index contributed by atoms with van der Waals surface area (Å²) in [4.78, 5) is 4.39. The van der Waals surface area contributed by atoms with E-state index in [1.54, 1.807) is 7.11 Å². The molecule has 5 heteroatoms. The van der Waals surface area contributed by atoms with Crippen LogP contribution < -0.4 is 10.1 Å². The summed E-state index contributed by atoms with van der Waals surface area (Å²) in [7, 11) is 1.68. The number of aromatic nitrogens is 2. The van der Waals surface area contributed by atoms with Gasteiger partial charge in [-0.1, -0.05) is 12.1 Å². The number of fused-ring (bicyclic) bond motifs is 1. The van der Waals surface area contributed by atoms with Gasteiger partial charge in [-0.05, 0) is 45.8 Å². The Kier molecular flexibility index (Phi) is 4.22. The van der Waals surface area contributed by atoms with Crippen LogP contribution in [0.5, 0.6) is 5.75 Å². The first-order valence-electron chi connectivity index (χ1n) is 6.71. The van der Waals surface area contributed by atoms with Crippen molar-refractivity contribution in [3.05, 3.63) is 64.5 Å². The van der Waals surface area contributed by atoms with E-state index < -0.39 is 0 Å². The van der Waals surface area contributed by atoms with Crippen LogP contribution in [0, 0.1) is 0 Å². The number of pyridine rings is 1. The van der Waals surface area contributed by atoms with Crippen LogP contribution in [0.2, 0.25) is 0 Å². The number of benzene rings is 1. The third kappa shape index (κ3) is 3.25. The summed E-state index contributed by atoms with van der Waals surface area (Å²) < 4.78 is 8.29. The van der Waals surface area contributed by atoms with Gasteiger partial charge in [-0.2, -0.15) is 0 Å². The minimum absolute atomic E-state index is 0.768. The highest BCUT2D eigenvalue weighted by Crippen LogP contribution is 2.14. The minimum Gasteiger partial charge on any atom is -0.497 e. The maximum Gasteiger partial charge on any atom is 0.136 e. The Bertz CT molecular complexity index is 737. The van der Waals surface area contributed by atoms with Gasteiger partial charge in [0.25, 0.3) is 0 Å². The van der Waals surface area contributed by atoms with E-state index in [-0.39, 0.29) is 0 Å². The predicted molar refractivity (Wildman–Crippen MR) is 86.4 cm³/mol. The van der Waals surface area contributed by atoms with E-state index in [1.165, 1.54) is 5.56 Å². The normalized spacial score (nSPS) is 11.0. The van der Waals surface area contributed by atoms with Gasteiger partial charge in [0, 0.05) is 23.8 Å². The van der Waals surface area contributed by atoms with Gasteiger partial charge >= 0.3 is 0 Å². The molecule has 0 amide bonds. The fourth-order valence-corrected chi connectivity index (χ4v) is 2.55. The molecule has 0 aliphatic carbocycles. The van der Waals surface area contributed by atoms with E-state index in [0.29, 0.717) is 0 Å². The molecule has 0 saturated heterocycles. The van der Waals surface area contributed by atoms with Gasteiger partial charge in [0.1, 0.15) is 11.4 Å². The number of methoxy groups -OCH3 is 1. The monoisotopic (exact) mass is 345 g/mol. The van der Waals surface area contributed by atoms with E-state index in [2.05, 4.69) is 42.8 Å². The Morgan fingerprint density at radius 1 is 1.14 bits per heavy atom. The van der Waals surface area contributed by atoms with Gasteiger partial charge < -0.3 is 14.5 Å². The largest absolute Gasteiger partial charge is 0.497 e. The van der Waals surface area contributed by atoms with E-state index in [0.717, 1.165) is 34.7 Å². The second-order valence-electron chi connectivity index (χ2n) is 4.78. The summed E-state index contributed by atoms with van der Waals surface area (Å²) in [6, 6.07) is 12.1. The lowest BCUT2D eigenvalue weighted by Crippen LogP contribution is -2.14. The quantitative estimate of drug-likeness (QED) is 0.770. The van der Waals surface area contributed by atoms with Crippen LogP contribution in [0.15, 0.2) is 53.3 Å². The Hall–Kier alpha value is -1.85. The van der Waals surface area contributed by atoms with Gasteiger partial charge in [0.2, 0.25) is 0 Å². The van der Waals surface area contributed by atoms with Gasteiger partial charge in [0.15, 0.2) is 0 Å². The molecule has 4 nitrogen and oxygen atoms in total. The van der Waals surface area contributed by atoms with Crippen molar-refractivity contribution in [1.29, 1.82) is 0 Å². The van der Waals surface area contributed by atoms with E-state index in [4.69, 9.17) is 4.74 Å². The molecule has 0 unspecified atom stereocenters. The zero-order valence-electron chi connectivity index (χ0n) is 11.7. The molecule has 108 valence electrons. The molecule has 3 rings (SSSR count). The lowest BCUT2D eigenvalue weighted by Gasteiger charge is -2.06. The third-order valence-corrected chi connectivity index (χ3v) is 3.81. The molecular weight excluding hydrogens is 330 g/mol. The molecule has 2 aromatic heterocycles. The van der Waals surface area contributed by atoms with Crippen LogP contribution in [0.1, 0.15) is 11.3 Å². The van der Waals surface area contributed by atoms with Crippen molar-refractivity contribution in [2.24, 2.45) is 0 Å². The summed E-state index contributed by atoms with van der Waals surface area (Å²) >= 11 is 3.49. The summed E-state index contributed by atoms with van der Waals surface area (Å²) in [5.41, 5.74) is 3.32. The summed E-state index contributed by atoms with van der Waals surface area (Å²) in [5, 5.41) is 3.44. The highest BCUT2D eigenvalue weighted by atomic mass is 79.9. The second kappa shape index (κ2) is 6.28. The summed E-state index contributed by atoms with van der Waals surface area (Å²) in [5.74, 6) is 0.880. The molecule has 0 aliphatic rings. The summed E-state index contributed by atoms with van der Waals surface area (Å²) in [6.07, 6.45) is 3.94. The number of imidazole rings is 1. The Labute approximate surface area is 131 Å². The molecule has 0 atom stereocenters. The molecule has 0 aliphatic heterocycles. The van der Waals surface area contributed by atoms with Crippen molar-refractivity contribution >= 4 is 21.6 Å². The first-order valence-corrected chi connectivity index (χ1v) is 7.51. The second-order valence-corrected chi connectivity index (χ2v) is 5.69. The molecule has 2 heterocycles. The lowest BCUT2D eigenvalue weighted by molar-refractivity contribution is 0.414. The van der Waals surface area contributed by atoms with Crippen LogP contribution >= 0.6 is 15.9 Å². The van der Waals surface area contributed by atoms with Crippen LogP contribution in [-0.2, 0) is 13.1 Å². The fraction of sp³-hybridized carbons (Fsp3) is 0.188. The van der Waals surface area contributed by atoms with Gasteiger partial charge in [0.05, 0.1) is 19.0 Å². The maximum absolute atomic E-state index is 5.16. The number of nitrogens with one attached hydrogen (secondary N) is 1. The van der Waals surface area contributed by atoms with Crippen LogP contribution in [-0.4, -0.2) is 16.5 Å². The topological polar surface area (TPSA) is 38.6 Å². The van der Waals surface area contributed by atoms with Crippen molar-refractivity contribution in [3.63, 3.8) is 0 Å². The van der Waals surface area contributed by atoms with E-state index in [9.17, 15) is 0 Å². The van der Waals surface area contributed by atoms with Crippen molar-refractivity contribution in [1.82, 2.24) is 14.7 Å². The average Bonchev–Trinajstić information content (AvgIpc) is 2.90. The molecule has 0 bridgehead atoms. The Morgan fingerprint density at radius 2 is 1.95 bits per heavy atom. The zero-order chi connectivity index (χ0) is 14.7. The molecular formula is C16H16BrN3O. The first kappa shape index (κ1) is 14.1. The van der Waals surface area contributed by atoms with Gasteiger partial charge in [-0.15, -0.1) is 0 Å². The van der Waals surface area contributed by atoms with Crippen molar-refractivity contribution < 1.29 is 4.74 Å². The van der Waals surface area contributed by atoms with Crippen molar-refractivity contribution in [2.45, 2.75) is 13.1 Å². The fourth-order valence-electron chi connectivity index (χ4n) is 2.21. The smallest absolute Gasteiger partial charge is 0.136 e. The van der Waals surface area contributed by atoms with E-state index >= 15 is 0 Å². The summed E-state index contributed by atoms with van der Waals surface area (Å²) in [6.45, 7) is 1.58. The maximum atomic E-state index is 5.16. The molecule has 1 N–H and O–H groups in total. The SMILES string of the molecule is COc1ccc(CNCc2cnc3ccc(Br)cn23)cc1. The lowest BCUT2D eigenvalue weighted by atomic mass is 10.2. The van der Waals surface area contributed by atoms with Gasteiger partial charge in [-0.25, -0.2) is 4.98 Å². The Morgan fingerprint density at radius 3 is 2.71 bits per heavy atom. The molecule has 3 aromatic rings. The van der Waals surface area contributed by atoms with E-state index in [1.807, 2.05) is 36.7 Å². The molecule has 0 saturated carbocycles. The highest BCUT2D eigenvalue weighted by molar-refractivity contribution is 9.10. The van der Waals surface area contributed by atoms with Crippen molar-refractivity contribution in [3.8, 4) is 5.75 Å². The minimum atomic E-state index is 0.768. The first-order chi connectivity index (χ1) is 10.3. The number of halogens is 1. The zero-order valence-corrected chi connectivity index (χ0v) is 13.3. The standard InChI is InChI=1S/C16H16BrN3O/c1-21-15-5-2-12(3-6-15)8-18-9-14-10-19-16-7-4-13(17)11-20(14)16/h2-7,10-11,18H,8-9H2,1H3. The molecule has 0 radical (unpaired) electrons.